The number of hydrogen-bond donors (Lipinski definition) is 9. The molecule has 12 nitrogen and oxygen atoms in total. The molecule has 0 saturated heterocycles. The molecule has 6 atom stereocenters. The summed E-state index contributed by atoms with van der Waals surface area (Å²) in [5.41, 5.74) is 7.05. The summed E-state index contributed by atoms with van der Waals surface area (Å²) in [6, 6.07) is 1.93. The van der Waals surface area contributed by atoms with Crippen LogP contribution in [0.3, 0.4) is 0 Å². The van der Waals surface area contributed by atoms with Crippen LogP contribution in [0.25, 0.3) is 10.9 Å². The Morgan fingerprint density at radius 3 is 2.17 bits per heavy atom. The van der Waals surface area contributed by atoms with E-state index in [4.69, 9.17) is 5.73 Å². The van der Waals surface area contributed by atoms with Gasteiger partial charge in [0.25, 0.3) is 0 Å². The number of aliphatic hydroxyl groups excluding tert-OH is 2. The molecule has 9 N–H and O–H groups in total. The lowest BCUT2D eigenvalue weighted by Crippen LogP contribution is -2.61. The van der Waals surface area contributed by atoms with Crippen molar-refractivity contribution in [3.63, 3.8) is 0 Å². The molecule has 0 fully saturated rings. The number of carboxylic acids is 1. The van der Waals surface area contributed by atoms with Crippen molar-refractivity contribution in [3.8, 4) is 0 Å². The number of carbonyl (C=O) groups is 4. The highest BCUT2D eigenvalue weighted by Gasteiger charge is 2.32. The molecule has 0 aliphatic carbocycles. The minimum Gasteiger partial charge on any atom is -0.480 e. The first kappa shape index (κ1) is 28.1. The number of benzene rings is 1. The maximum atomic E-state index is 12.8. The number of thiol groups is 1. The van der Waals surface area contributed by atoms with Gasteiger partial charge < -0.3 is 42.0 Å². The molecule has 6 unspecified atom stereocenters. The first-order valence-corrected chi connectivity index (χ1v) is 11.5. The Balaban J connectivity index is 2.09. The molecule has 2 aromatic rings. The molecule has 0 bridgehead atoms. The highest BCUT2D eigenvalue weighted by Crippen LogP contribution is 2.19. The lowest BCUT2D eigenvalue weighted by Gasteiger charge is -2.26. The molecule has 35 heavy (non-hydrogen) atoms. The number of amides is 3. The van der Waals surface area contributed by atoms with E-state index in [1.807, 2.05) is 24.3 Å². The average molecular weight is 510 g/mol. The number of carboxylic acid groups (broad SMARTS) is 1. The van der Waals surface area contributed by atoms with Gasteiger partial charge in [-0.05, 0) is 25.5 Å². The van der Waals surface area contributed by atoms with Crippen LogP contribution in [-0.4, -0.2) is 86.1 Å². The van der Waals surface area contributed by atoms with Gasteiger partial charge in [0.15, 0.2) is 0 Å². The smallest absolute Gasteiger partial charge is 0.326 e. The van der Waals surface area contributed by atoms with Crippen LogP contribution in [0, 0.1) is 0 Å². The van der Waals surface area contributed by atoms with Crippen molar-refractivity contribution in [2.24, 2.45) is 5.73 Å². The van der Waals surface area contributed by atoms with Crippen molar-refractivity contribution < 1.29 is 34.5 Å². The van der Waals surface area contributed by atoms with E-state index in [1.165, 1.54) is 13.8 Å². The standard InChI is InChI=1S/C22H31N5O7S/c1-10(28)17(23)20(31)27-18(11(2)29)21(32)26-16(9-35)19(30)25-15(22(33)34)7-12-8-24-14-6-4-3-5-13(12)14/h3-6,8,10-11,15-18,24,28-29,35H,7,9,23H2,1-2H3,(H,25,30)(H,26,32)(H,27,31)(H,33,34). The number of aromatic nitrogens is 1. The number of aliphatic carboxylic acids is 1. The third-order valence-corrected chi connectivity index (χ3v) is 5.78. The molecule has 3 amide bonds. The van der Waals surface area contributed by atoms with E-state index in [1.54, 1.807) is 6.20 Å². The Morgan fingerprint density at radius 2 is 1.60 bits per heavy atom. The molecule has 0 saturated carbocycles. The zero-order chi connectivity index (χ0) is 26.3. The summed E-state index contributed by atoms with van der Waals surface area (Å²) in [4.78, 5) is 52.4. The number of rotatable bonds is 12. The van der Waals surface area contributed by atoms with Crippen LogP contribution in [0.5, 0.6) is 0 Å². The monoisotopic (exact) mass is 509 g/mol. The third-order valence-electron chi connectivity index (χ3n) is 5.41. The molecule has 13 heteroatoms. The quantitative estimate of drug-likeness (QED) is 0.150. The summed E-state index contributed by atoms with van der Waals surface area (Å²) < 4.78 is 0. The summed E-state index contributed by atoms with van der Waals surface area (Å²) in [6.07, 6.45) is -0.911. The number of nitrogens with one attached hydrogen (secondary N) is 4. The average Bonchev–Trinajstić information content (AvgIpc) is 3.21. The van der Waals surface area contributed by atoms with Gasteiger partial charge in [-0.25, -0.2) is 4.79 Å². The predicted octanol–water partition coefficient (Wildman–Crippen LogP) is -1.73. The zero-order valence-corrected chi connectivity index (χ0v) is 20.2. The Morgan fingerprint density at radius 1 is 0.971 bits per heavy atom. The van der Waals surface area contributed by atoms with Gasteiger partial charge in [-0.1, -0.05) is 18.2 Å². The summed E-state index contributed by atoms with van der Waals surface area (Å²) in [5, 5.41) is 36.8. The van der Waals surface area contributed by atoms with E-state index in [0.717, 1.165) is 10.9 Å². The van der Waals surface area contributed by atoms with Gasteiger partial charge >= 0.3 is 5.97 Å². The van der Waals surface area contributed by atoms with Crippen LogP contribution >= 0.6 is 12.6 Å². The molecule has 0 aliphatic heterocycles. The lowest BCUT2D eigenvalue weighted by molar-refractivity contribution is -0.142. The summed E-state index contributed by atoms with van der Waals surface area (Å²) in [6.45, 7) is 2.54. The van der Waals surface area contributed by atoms with Crippen molar-refractivity contribution in [3.05, 3.63) is 36.0 Å². The van der Waals surface area contributed by atoms with E-state index < -0.39 is 60.1 Å². The van der Waals surface area contributed by atoms with E-state index in [-0.39, 0.29) is 12.2 Å². The first-order valence-electron chi connectivity index (χ1n) is 10.9. The Bertz CT molecular complexity index is 1060. The van der Waals surface area contributed by atoms with Crippen LogP contribution in [-0.2, 0) is 25.6 Å². The third kappa shape index (κ3) is 7.42. The first-order chi connectivity index (χ1) is 16.5. The largest absolute Gasteiger partial charge is 0.480 e. The second-order valence-corrected chi connectivity index (χ2v) is 8.57. The molecule has 1 aromatic carbocycles. The predicted molar refractivity (Wildman–Crippen MR) is 131 cm³/mol. The van der Waals surface area contributed by atoms with Crippen molar-refractivity contribution in [2.45, 2.75) is 56.6 Å². The van der Waals surface area contributed by atoms with Crippen LogP contribution in [0.4, 0.5) is 0 Å². The Kier molecular flexibility index (Phi) is 10.1. The van der Waals surface area contributed by atoms with Gasteiger partial charge in [-0.15, -0.1) is 0 Å². The van der Waals surface area contributed by atoms with Crippen molar-refractivity contribution in [2.75, 3.05) is 5.75 Å². The molecular weight excluding hydrogens is 478 g/mol. The molecule has 1 aromatic heterocycles. The van der Waals surface area contributed by atoms with Crippen molar-refractivity contribution >= 4 is 47.2 Å². The van der Waals surface area contributed by atoms with Crippen LogP contribution in [0.2, 0.25) is 0 Å². The van der Waals surface area contributed by atoms with Gasteiger partial charge in [0.1, 0.15) is 24.2 Å². The van der Waals surface area contributed by atoms with Crippen LogP contribution < -0.4 is 21.7 Å². The number of H-pyrrole nitrogens is 1. The maximum absolute atomic E-state index is 12.8. The SMILES string of the molecule is CC(O)C(N)C(=O)NC(C(=O)NC(CS)C(=O)NC(Cc1c[nH]c2ccccc12)C(=O)O)C(C)O. The normalized spacial score (nSPS) is 16.4. The summed E-state index contributed by atoms with van der Waals surface area (Å²) in [5.74, 6) is -4.06. The number of aromatic amines is 1. The molecule has 0 radical (unpaired) electrons. The topological polar surface area (TPSA) is 207 Å². The molecule has 192 valence electrons. The minimum absolute atomic E-state index is 0.0120. The second-order valence-electron chi connectivity index (χ2n) is 8.20. The molecule has 2 rings (SSSR count). The molecule has 0 aliphatic rings. The number of para-hydroxylation sites is 1. The highest BCUT2D eigenvalue weighted by atomic mass is 32.1. The molecular formula is C22H31N5O7S. The van der Waals surface area contributed by atoms with Crippen LogP contribution in [0.15, 0.2) is 30.5 Å². The van der Waals surface area contributed by atoms with Gasteiger partial charge in [-0.2, -0.15) is 12.6 Å². The van der Waals surface area contributed by atoms with Gasteiger partial charge in [-0.3, -0.25) is 14.4 Å². The summed E-state index contributed by atoms with van der Waals surface area (Å²) >= 11 is 4.06. The summed E-state index contributed by atoms with van der Waals surface area (Å²) in [7, 11) is 0. The maximum Gasteiger partial charge on any atom is 0.326 e. The lowest BCUT2D eigenvalue weighted by atomic mass is 10.0. The van der Waals surface area contributed by atoms with Gasteiger partial charge in [0, 0.05) is 29.3 Å². The molecule has 0 spiro atoms. The van der Waals surface area contributed by atoms with Gasteiger partial charge in [0.05, 0.1) is 12.2 Å². The number of fused-ring (bicyclic) bond motifs is 1. The fourth-order valence-electron chi connectivity index (χ4n) is 3.32. The van der Waals surface area contributed by atoms with E-state index >= 15 is 0 Å². The van der Waals surface area contributed by atoms with E-state index in [0.29, 0.717) is 5.56 Å². The fourth-order valence-corrected chi connectivity index (χ4v) is 3.58. The minimum atomic E-state index is -1.48. The van der Waals surface area contributed by atoms with E-state index in [9.17, 15) is 34.5 Å². The number of carbonyl (C=O) groups excluding carboxylic acids is 3. The Labute approximate surface area is 207 Å². The second kappa shape index (κ2) is 12.5. The number of nitrogens with two attached hydrogens (primary N) is 1. The van der Waals surface area contributed by atoms with Gasteiger partial charge in [0.2, 0.25) is 17.7 Å². The fraction of sp³-hybridized carbons (Fsp3) is 0.455. The van der Waals surface area contributed by atoms with Crippen molar-refractivity contribution in [1.82, 2.24) is 20.9 Å². The van der Waals surface area contributed by atoms with Crippen molar-refractivity contribution in [1.29, 1.82) is 0 Å². The highest BCUT2D eigenvalue weighted by molar-refractivity contribution is 7.80. The molecule has 1 heterocycles. The Hall–Kier alpha value is -3.13. The number of hydrogen-bond acceptors (Lipinski definition) is 8. The zero-order valence-electron chi connectivity index (χ0n) is 19.3. The number of aliphatic hydroxyl groups is 2. The van der Waals surface area contributed by atoms with E-state index in [2.05, 4.69) is 33.6 Å². The van der Waals surface area contributed by atoms with Crippen LogP contribution in [0.1, 0.15) is 19.4 Å².